The van der Waals surface area contributed by atoms with Crippen molar-refractivity contribution in [3.8, 4) is 0 Å². The van der Waals surface area contributed by atoms with Gasteiger partial charge in [-0.2, -0.15) is 0 Å². The molecule has 0 unspecified atom stereocenters. The number of hydrogen-bond donors (Lipinski definition) is 0. The summed E-state index contributed by atoms with van der Waals surface area (Å²) in [5.74, 6) is 0.953. The van der Waals surface area contributed by atoms with E-state index in [1.54, 1.807) is 0 Å². The molecule has 0 aromatic rings. The Balaban J connectivity index is 2.01. The van der Waals surface area contributed by atoms with Crippen molar-refractivity contribution in [2.24, 2.45) is 11.8 Å². The third-order valence-electron chi connectivity index (χ3n) is 4.52. The maximum atomic E-state index is 12.1. The highest BCUT2D eigenvalue weighted by atomic mass is 16.5. The highest BCUT2D eigenvalue weighted by Gasteiger charge is 2.39. The molecule has 0 aromatic heterocycles. The van der Waals surface area contributed by atoms with Gasteiger partial charge < -0.3 is 4.74 Å². The number of allylic oxidation sites excluding steroid dienone is 4. The zero-order valence-corrected chi connectivity index (χ0v) is 11.4. The molecule has 0 aromatic carbocycles. The van der Waals surface area contributed by atoms with Crippen LogP contribution in [0.25, 0.3) is 0 Å². The second-order valence-electron chi connectivity index (χ2n) is 5.83. The van der Waals surface area contributed by atoms with Gasteiger partial charge in [0, 0.05) is 25.2 Å². The standard InChI is InChI=1S/C16H20O3/c1-10(17)19-16-12-6-3-2-5-11(12)9-14-13(16)7-4-8-15(14)18/h9,13-14H,2-8H2,1H3/t13-,14+/m1/s1. The van der Waals surface area contributed by atoms with Crippen molar-refractivity contribution in [1.29, 1.82) is 0 Å². The van der Waals surface area contributed by atoms with Crippen LogP contribution >= 0.6 is 0 Å². The number of Topliss-reactive ketones (excluding diaryl/α,β-unsaturated/α-hetero) is 1. The monoisotopic (exact) mass is 260 g/mol. The van der Waals surface area contributed by atoms with Crippen LogP contribution in [-0.2, 0) is 14.3 Å². The zero-order chi connectivity index (χ0) is 13.4. The Bertz CT molecular complexity index is 484. The van der Waals surface area contributed by atoms with E-state index in [1.807, 2.05) is 0 Å². The summed E-state index contributed by atoms with van der Waals surface area (Å²) in [6, 6.07) is 0. The van der Waals surface area contributed by atoms with E-state index in [4.69, 9.17) is 4.74 Å². The van der Waals surface area contributed by atoms with E-state index in [0.29, 0.717) is 12.2 Å². The number of carbonyl (C=O) groups excluding carboxylic acids is 2. The second-order valence-corrected chi connectivity index (χ2v) is 5.83. The van der Waals surface area contributed by atoms with Crippen molar-refractivity contribution >= 4 is 11.8 Å². The lowest BCUT2D eigenvalue weighted by Gasteiger charge is -2.37. The van der Waals surface area contributed by atoms with Gasteiger partial charge in [0.05, 0.1) is 0 Å². The fraction of sp³-hybridized carbons (Fsp3) is 0.625. The van der Waals surface area contributed by atoms with Crippen LogP contribution in [0.5, 0.6) is 0 Å². The van der Waals surface area contributed by atoms with E-state index in [9.17, 15) is 9.59 Å². The third kappa shape index (κ3) is 2.26. The molecule has 0 amide bonds. The summed E-state index contributed by atoms with van der Waals surface area (Å²) >= 11 is 0. The molecule has 19 heavy (non-hydrogen) atoms. The summed E-state index contributed by atoms with van der Waals surface area (Å²) < 4.78 is 5.53. The lowest BCUT2D eigenvalue weighted by molar-refractivity contribution is -0.139. The van der Waals surface area contributed by atoms with Crippen LogP contribution in [-0.4, -0.2) is 11.8 Å². The summed E-state index contributed by atoms with van der Waals surface area (Å²) in [7, 11) is 0. The van der Waals surface area contributed by atoms with Gasteiger partial charge in [0.15, 0.2) is 0 Å². The van der Waals surface area contributed by atoms with Crippen LogP contribution in [0.15, 0.2) is 23.0 Å². The van der Waals surface area contributed by atoms with Gasteiger partial charge in [0.2, 0.25) is 0 Å². The Morgan fingerprint density at radius 3 is 2.79 bits per heavy atom. The molecule has 0 bridgehead atoms. The first-order chi connectivity index (χ1) is 9.16. The summed E-state index contributed by atoms with van der Waals surface area (Å²) in [4.78, 5) is 23.5. The third-order valence-corrected chi connectivity index (χ3v) is 4.52. The molecule has 2 atom stereocenters. The molecule has 0 aliphatic heterocycles. The van der Waals surface area contributed by atoms with Crippen LogP contribution in [0.3, 0.4) is 0 Å². The molecule has 0 saturated heterocycles. The van der Waals surface area contributed by atoms with Crippen molar-refractivity contribution < 1.29 is 14.3 Å². The number of ether oxygens (including phenoxy) is 1. The molecule has 3 rings (SSSR count). The molecule has 3 nitrogen and oxygen atoms in total. The molecule has 3 aliphatic rings. The normalized spacial score (nSPS) is 30.4. The number of hydrogen-bond acceptors (Lipinski definition) is 3. The first kappa shape index (κ1) is 12.6. The number of carbonyl (C=O) groups is 2. The average Bonchev–Trinajstić information content (AvgIpc) is 2.39. The van der Waals surface area contributed by atoms with Crippen LogP contribution in [0.4, 0.5) is 0 Å². The Morgan fingerprint density at radius 1 is 1.21 bits per heavy atom. The predicted molar refractivity (Wildman–Crippen MR) is 71.2 cm³/mol. The van der Waals surface area contributed by atoms with Crippen molar-refractivity contribution in [2.45, 2.75) is 51.9 Å². The maximum absolute atomic E-state index is 12.1. The Hall–Kier alpha value is -1.38. The molecule has 0 spiro atoms. The van der Waals surface area contributed by atoms with Gasteiger partial charge in [-0.25, -0.2) is 0 Å². The van der Waals surface area contributed by atoms with Gasteiger partial charge in [-0.3, -0.25) is 9.59 Å². The van der Waals surface area contributed by atoms with Gasteiger partial charge in [-0.05, 0) is 49.7 Å². The van der Waals surface area contributed by atoms with Crippen LogP contribution < -0.4 is 0 Å². The molecule has 3 heteroatoms. The summed E-state index contributed by atoms with van der Waals surface area (Å²) in [6.07, 6.45) is 9.08. The number of esters is 1. The van der Waals surface area contributed by atoms with Crippen molar-refractivity contribution in [2.75, 3.05) is 0 Å². The van der Waals surface area contributed by atoms with Gasteiger partial charge in [-0.1, -0.05) is 6.08 Å². The lowest BCUT2D eigenvalue weighted by Crippen LogP contribution is -2.33. The highest BCUT2D eigenvalue weighted by Crippen LogP contribution is 2.45. The SMILES string of the molecule is CC(=O)OC1=C2CCCCC2=C[C@@H]2C(=O)CCC[C@@H]12. The molecule has 0 radical (unpaired) electrons. The molecule has 2 fully saturated rings. The molecular formula is C16H20O3. The Labute approximate surface area is 113 Å². The van der Waals surface area contributed by atoms with Crippen molar-refractivity contribution in [3.63, 3.8) is 0 Å². The highest BCUT2D eigenvalue weighted by molar-refractivity contribution is 5.85. The average molecular weight is 260 g/mol. The largest absolute Gasteiger partial charge is 0.431 e. The van der Waals surface area contributed by atoms with Gasteiger partial charge in [0.1, 0.15) is 11.5 Å². The number of ketones is 1. The molecule has 102 valence electrons. The van der Waals surface area contributed by atoms with Crippen molar-refractivity contribution in [1.82, 2.24) is 0 Å². The van der Waals surface area contributed by atoms with Gasteiger partial charge in [-0.15, -0.1) is 0 Å². The van der Waals surface area contributed by atoms with Gasteiger partial charge in [0.25, 0.3) is 0 Å². The van der Waals surface area contributed by atoms with E-state index < -0.39 is 0 Å². The fourth-order valence-electron chi connectivity index (χ4n) is 3.70. The predicted octanol–water partition coefficient (Wildman–Crippen LogP) is 3.30. The second kappa shape index (κ2) is 4.95. The summed E-state index contributed by atoms with van der Waals surface area (Å²) in [5, 5.41) is 0. The first-order valence-electron chi connectivity index (χ1n) is 7.32. The molecule has 3 aliphatic carbocycles. The van der Waals surface area contributed by atoms with E-state index in [0.717, 1.165) is 37.9 Å². The van der Waals surface area contributed by atoms with E-state index in [2.05, 4.69) is 6.08 Å². The van der Waals surface area contributed by atoms with E-state index >= 15 is 0 Å². The molecular weight excluding hydrogens is 240 g/mol. The quantitative estimate of drug-likeness (QED) is 0.679. The van der Waals surface area contributed by atoms with E-state index in [1.165, 1.54) is 24.5 Å². The van der Waals surface area contributed by atoms with Crippen LogP contribution in [0, 0.1) is 11.8 Å². The minimum atomic E-state index is -0.258. The summed E-state index contributed by atoms with van der Waals surface area (Å²) in [6.45, 7) is 1.45. The molecule has 2 saturated carbocycles. The fourth-order valence-corrected chi connectivity index (χ4v) is 3.70. The first-order valence-corrected chi connectivity index (χ1v) is 7.32. The number of rotatable bonds is 1. The molecule has 0 heterocycles. The number of fused-ring (bicyclic) bond motifs is 2. The van der Waals surface area contributed by atoms with Crippen LogP contribution in [0.2, 0.25) is 0 Å². The Morgan fingerprint density at radius 2 is 2.00 bits per heavy atom. The van der Waals surface area contributed by atoms with Gasteiger partial charge >= 0.3 is 5.97 Å². The Kier molecular flexibility index (Phi) is 3.29. The minimum absolute atomic E-state index is 0.0417. The lowest BCUT2D eigenvalue weighted by atomic mass is 9.69. The smallest absolute Gasteiger partial charge is 0.307 e. The topological polar surface area (TPSA) is 43.4 Å². The summed E-state index contributed by atoms with van der Waals surface area (Å²) in [5.41, 5.74) is 2.48. The van der Waals surface area contributed by atoms with Crippen LogP contribution in [0.1, 0.15) is 51.9 Å². The zero-order valence-electron chi connectivity index (χ0n) is 11.4. The molecule has 0 N–H and O–H groups in total. The van der Waals surface area contributed by atoms with E-state index in [-0.39, 0.29) is 17.8 Å². The van der Waals surface area contributed by atoms with Crippen molar-refractivity contribution in [3.05, 3.63) is 23.0 Å². The maximum Gasteiger partial charge on any atom is 0.307 e. The minimum Gasteiger partial charge on any atom is -0.431 e.